The average molecular weight is 375 g/mol. The highest BCUT2D eigenvalue weighted by molar-refractivity contribution is 5.90. The van der Waals surface area contributed by atoms with E-state index < -0.39 is 0 Å². The first-order chi connectivity index (χ1) is 12.8. The van der Waals surface area contributed by atoms with Gasteiger partial charge in [0.1, 0.15) is 6.10 Å². The molecule has 0 aromatic rings. The van der Waals surface area contributed by atoms with Crippen LogP contribution in [0.15, 0.2) is 11.6 Å². The van der Waals surface area contributed by atoms with Crippen molar-refractivity contribution in [2.45, 2.75) is 78.2 Å². The van der Waals surface area contributed by atoms with Crippen LogP contribution >= 0.6 is 0 Å². The van der Waals surface area contributed by atoms with Crippen molar-refractivity contribution in [3.05, 3.63) is 11.6 Å². The van der Waals surface area contributed by atoms with Crippen molar-refractivity contribution in [3.63, 3.8) is 0 Å². The molecular formula is C23H34O4. The van der Waals surface area contributed by atoms with Crippen LogP contribution in [0.25, 0.3) is 0 Å². The third-order valence-electron chi connectivity index (χ3n) is 8.94. The lowest BCUT2D eigenvalue weighted by molar-refractivity contribution is -0.159. The number of ether oxygens (including phenoxy) is 2. The number of allylic oxidation sites excluding steroid dienone is 1. The van der Waals surface area contributed by atoms with E-state index in [0.717, 1.165) is 43.6 Å². The number of carbonyl (C=O) groups is 2. The number of carbonyl (C=O) groups excluding carboxylic acids is 2. The van der Waals surface area contributed by atoms with E-state index in [1.54, 1.807) is 0 Å². The first kappa shape index (κ1) is 19.0. The summed E-state index contributed by atoms with van der Waals surface area (Å²) < 4.78 is 10.6. The average Bonchev–Trinajstić information content (AvgIpc) is 2.98. The van der Waals surface area contributed by atoms with Crippen molar-refractivity contribution in [1.29, 1.82) is 0 Å². The van der Waals surface area contributed by atoms with Crippen LogP contribution in [0, 0.1) is 34.5 Å². The van der Waals surface area contributed by atoms with E-state index in [4.69, 9.17) is 9.47 Å². The van der Waals surface area contributed by atoms with Crippen molar-refractivity contribution in [2.75, 3.05) is 7.11 Å². The fourth-order valence-corrected chi connectivity index (χ4v) is 7.55. The molecule has 4 rings (SSSR count). The number of methoxy groups -OCH3 is 1. The van der Waals surface area contributed by atoms with Crippen molar-refractivity contribution >= 4 is 11.9 Å². The number of rotatable bonds is 2. The molecule has 3 fully saturated rings. The molecule has 0 radical (unpaired) electrons. The van der Waals surface area contributed by atoms with Crippen LogP contribution in [0.4, 0.5) is 0 Å². The van der Waals surface area contributed by atoms with E-state index in [1.807, 2.05) is 0 Å². The highest BCUT2D eigenvalue weighted by atomic mass is 16.5. The van der Waals surface area contributed by atoms with Gasteiger partial charge in [-0.3, -0.25) is 4.79 Å². The topological polar surface area (TPSA) is 52.6 Å². The second-order valence-corrected chi connectivity index (χ2v) is 9.96. The van der Waals surface area contributed by atoms with E-state index in [2.05, 4.69) is 19.9 Å². The summed E-state index contributed by atoms with van der Waals surface area (Å²) >= 11 is 0. The molecule has 7 atom stereocenters. The maximum atomic E-state index is 12.3. The van der Waals surface area contributed by atoms with Gasteiger partial charge in [0.15, 0.2) is 0 Å². The minimum atomic E-state index is -0.141. The van der Waals surface area contributed by atoms with Gasteiger partial charge in [0.2, 0.25) is 0 Å². The summed E-state index contributed by atoms with van der Waals surface area (Å²) in [5.74, 6) is 2.41. The molecule has 4 aliphatic rings. The predicted molar refractivity (Wildman–Crippen MR) is 103 cm³/mol. The zero-order valence-electron chi connectivity index (χ0n) is 17.3. The summed E-state index contributed by atoms with van der Waals surface area (Å²) in [5, 5.41) is 0. The van der Waals surface area contributed by atoms with Crippen LogP contribution in [0.5, 0.6) is 0 Å². The summed E-state index contributed by atoms with van der Waals surface area (Å²) in [6, 6.07) is 0. The SMILES string of the molecule is COC(=O)C1=CC[C@H]2[C@@H]3CC[C@H]4C[C@H](OC(C)=O)CC[C@]4(C)[C@H]3CC[C@]12C. The first-order valence-corrected chi connectivity index (χ1v) is 10.8. The summed E-state index contributed by atoms with van der Waals surface area (Å²) in [5.41, 5.74) is 1.28. The Morgan fingerprint density at radius 1 is 1.07 bits per heavy atom. The van der Waals surface area contributed by atoms with Gasteiger partial charge in [-0.05, 0) is 80.5 Å². The molecule has 0 amide bonds. The fraction of sp³-hybridized carbons (Fsp3) is 0.826. The molecule has 150 valence electrons. The molecule has 0 aromatic carbocycles. The quantitative estimate of drug-likeness (QED) is 0.659. The summed E-state index contributed by atoms with van der Waals surface area (Å²) in [6.07, 6.45) is 11.3. The van der Waals surface area contributed by atoms with Crippen LogP contribution in [-0.4, -0.2) is 25.2 Å². The van der Waals surface area contributed by atoms with Crippen molar-refractivity contribution in [3.8, 4) is 0 Å². The molecule has 3 saturated carbocycles. The van der Waals surface area contributed by atoms with Gasteiger partial charge < -0.3 is 9.47 Å². The van der Waals surface area contributed by atoms with E-state index >= 15 is 0 Å². The second-order valence-electron chi connectivity index (χ2n) is 9.96. The fourth-order valence-electron chi connectivity index (χ4n) is 7.55. The van der Waals surface area contributed by atoms with E-state index in [-0.39, 0.29) is 23.5 Å². The van der Waals surface area contributed by atoms with Gasteiger partial charge in [0.05, 0.1) is 7.11 Å². The monoisotopic (exact) mass is 374 g/mol. The first-order valence-electron chi connectivity index (χ1n) is 10.8. The van der Waals surface area contributed by atoms with Gasteiger partial charge in [-0.25, -0.2) is 4.79 Å². The minimum absolute atomic E-state index is 0.00754. The molecule has 0 aromatic heterocycles. The molecule has 0 N–H and O–H groups in total. The number of esters is 2. The smallest absolute Gasteiger partial charge is 0.333 e. The third-order valence-corrected chi connectivity index (χ3v) is 8.94. The van der Waals surface area contributed by atoms with Gasteiger partial charge in [-0.2, -0.15) is 0 Å². The minimum Gasteiger partial charge on any atom is -0.466 e. The molecule has 4 nitrogen and oxygen atoms in total. The Kier molecular flexibility index (Phi) is 4.67. The Labute approximate surface area is 163 Å². The lowest BCUT2D eigenvalue weighted by atomic mass is 9.44. The molecule has 0 spiro atoms. The van der Waals surface area contributed by atoms with Gasteiger partial charge in [-0.1, -0.05) is 19.9 Å². The number of fused-ring (bicyclic) bond motifs is 5. The molecule has 0 aliphatic heterocycles. The molecule has 4 aliphatic carbocycles. The van der Waals surface area contributed by atoms with Crippen LogP contribution < -0.4 is 0 Å². The van der Waals surface area contributed by atoms with Crippen molar-refractivity contribution < 1.29 is 19.1 Å². The molecular weight excluding hydrogens is 340 g/mol. The van der Waals surface area contributed by atoms with Crippen molar-refractivity contribution in [1.82, 2.24) is 0 Å². The van der Waals surface area contributed by atoms with Crippen LogP contribution in [0.3, 0.4) is 0 Å². The molecule has 27 heavy (non-hydrogen) atoms. The largest absolute Gasteiger partial charge is 0.466 e. The van der Waals surface area contributed by atoms with E-state index in [0.29, 0.717) is 23.2 Å². The van der Waals surface area contributed by atoms with E-state index in [9.17, 15) is 9.59 Å². The molecule has 0 saturated heterocycles. The standard InChI is InChI=1S/C23H34O4/c1-14(24)27-16-9-11-22(2)15(13-16)5-6-17-18-7-8-20(21(25)26-4)23(18,3)12-10-19(17)22/h8,15-19H,5-7,9-13H2,1-4H3/t15-,16+,17-,18-,19-,22-,23-/m0/s1. The van der Waals surface area contributed by atoms with E-state index in [1.165, 1.54) is 33.3 Å². The molecule has 0 heterocycles. The molecule has 4 heteroatoms. The molecule has 0 bridgehead atoms. The zero-order valence-corrected chi connectivity index (χ0v) is 17.3. The Morgan fingerprint density at radius 2 is 1.85 bits per heavy atom. The second kappa shape index (κ2) is 6.63. The predicted octanol–water partition coefficient (Wildman–Crippen LogP) is 4.67. The van der Waals surface area contributed by atoms with Crippen LogP contribution in [0.1, 0.15) is 72.1 Å². The summed E-state index contributed by atoms with van der Waals surface area (Å²) in [6.45, 7) is 6.33. The maximum Gasteiger partial charge on any atom is 0.333 e. The van der Waals surface area contributed by atoms with Crippen molar-refractivity contribution in [2.24, 2.45) is 34.5 Å². The van der Waals surface area contributed by atoms with Gasteiger partial charge in [0, 0.05) is 17.9 Å². The Hall–Kier alpha value is -1.32. The Balaban J connectivity index is 1.53. The third kappa shape index (κ3) is 2.86. The van der Waals surface area contributed by atoms with Gasteiger partial charge in [0.25, 0.3) is 0 Å². The summed E-state index contributed by atoms with van der Waals surface area (Å²) in [4.78, 5) is 23.7. The summed E-state index contributed by atoms with van der Waals surface area (Å²) in [7, 11) is 1.50. The van der Waals surface area contributed by atoms with Gasteiger partial charge in [-0.15, -0.1) is 0 Å². The van der Waals surface area contributed by atoms with Crippen LogP contribution in [-0.2, 0) is 19.1 Å². The molecule has 0 unspecified atom stereocenters. The van der Waals surface area contributed by atoms with Crippen LogP contribution in [0.2, 0.25) is 0 Å². The normalized spacial score (nSPS) is 45.8. The highest BCUT2D eigenvalue weighted by Gasteiger charge is 2.59. The lowest BCUT2D eigenvalue weighted by Crippen LogP contribution is -2.54. The number of hydrogen-bond acceptors (Lipinski definition) is 4. The van der Waals surface area contributed by atoms with Gasteiger partial charge >= 0.3 is 11.9 Å². The Bertz CT molecular complexity index is 667. The highest BCUT2D eigenvalue weighted by Crippen LogP contribution is 2.66. The zero-order chi connectivity index (χ0) is 19.4. The Morgan fingerprint density at radius 3 is 2.56 bits per heavy atom. The maximum absolute atomic E-state index is 12.3. The number of hydrogen-bond donors (Lipinski definition) is 0. The lowest BCUT2D eigenvalue weighted by Gasteiger charge is -2.60.